The van der Waals surface area contributed by atoms with Gasteiger partial charge in [0.2, 0.25) is 0 Å². The minimum absolute atomic E-state index is 0.618. The van der Waals surface area contributed by atoms with E-state index in [9.17, 15) is 0 Å². The number of benzene rings is 1. The lowest BCUT2D eigenvalue weighted by molar-refractivity contribution is 0.331. The van der Waals surface area contributed by atoms with Gasteiger partial charge in [-0.2, -0.15) is 0 Å². The molecule has 1 N–H and O–H groups in total. The standard InChI is InChI=1S/C17H28N2/c1-3-8-16(4-2)18-17-10-7-9-15(13-17)14-19-11-5-6-12-19/h7,9-10,13,16,18H,3-6,8,11-12,14H2,1-2H3. The van der Waals surface area contributed by atoms with Crippen molar-refractivity contribution >= 4 is 5.69 Å². The van der Waals surface area contributed by atoms with E-state index in [1.165, 1.54) is 56.4 Å². The zero-order valence-electron chi connectivity index (χ0n) is 12.5. The molecule has 19 heavy (non-hydrogen) atoms. The Balaban J connectivity index is 1.93. The number of rotatable bonds is 7. The molecule has 1 saturated heterocycles. The highest BCUT2D eigenvalue weighted by atomic mass is 15.1. The molecule has 0 radical (unpaired) electrons. The highest BCUT2D eigenvalue weighted by molar-refractivity contribution is 5.46. The number of nitrogens with one attached hydrogen (secondary N) is 1. The van der Waals surface area contributed by atoms with Crippen LogP contribution in [-0.4, -0.2) is 24.0 Å². The van der Waals surface area contributed by atoms with Gasteiger partial charge in [0.15, 0.2) is 0 Å². The number of anilines is 1. The summed E-state index contributed by atoms with van der Waals surface area (Å²) in [5, 5.41) is 3.68. The number of hydrogen-bond donors (Lipinski definition) is 1. The molecule has 1 unspecified atom stereocenters. The topological polar surface area (TPSA) is 15.3 Å². The highest BCUT2D eigenvalue weighted by Crippen LogP contribution is 2.18. The Hall–Kier alpha value is -1.02. The molecule has 1 fully saturated rings. The molecule has 0 amide bonds. The summed E-state index contributed by atoms with van der Waals surface area (Å²) in [4.78, 5) is 2.56. The molecule has 1 heterocycles. The molecule has 2 rings (SSSR count). The molecule has 1 aliphatic heterocycles. The fourth-order valence-electron chi connectivity index (χ4n) is 2.92. The first-order valence-electron chi connectivity index (χ1n) is 7.89. The van der Waals surface area contributed by atoms with Crippen molar-refractivity contribution in [3.05, 3.63) is 29.8 Å². The smallest absolute Gasteiger partial charge is 0.0345 e. The minimum atomic E-state index is 0.618. The van der Waals surface area contributed by atoms with Crippen LogP contribution in [0.3, 0.4) is 0 Å². The summed E-state index contributed by atoms with van der Waals surface area (Å²) in [7, 11) is 0. The molecule has 0 aliphatic carbocycles. The molecule has 1 aliphatic rings. The van der Waals surface area contributed by atoms with Gasteiger partial charge in [-0.25, -0.2) is 0 Å². The van der Waals surface area contributed by atoms with E-state index in [4.69, 9.17) is 0 Å². The summed E-state index contributed by atoms with van der Waals surface area (Å²) >= 11 is 0. The molecule has 0 saturated carbocycles. The van der Waals surface area contributed by atoms with E-state index in [0.717, 1.165) is 6.54 Å². The summed E-state index contributed by atoms with van der Waals surface area (Å²) in [5.74, 6) is 0. The Morgan fingerprint density at radius 1 is 1.21 bits per heavy atom. The Morgan fingerprint density at radius 2 is 2.00 bits per heavy atom. The van der Waals surface area contributed by atoms with Gasteiger partial charge in [0.25, 0.3) is 0 Å². The molecular weight excluding hydrogens is 232 g/mol. The van der Waals surface area contributed by atoms with Crippen LogP contribution in [0.5, 0.6) is 0 Å². The molecule has 0 bridgehead atoms. The second kappa shape index (κ2) is 7.54. The van der Waals surface area contributed by atoms with Crippen molar-refractivity contribution in [1.82, 2.24) is 4.90 Å². The second-order valence-corrected chi connectivity index (χ2v) is 5.72. The summed E-state index contributed by atoms with van der Waals surface area (Å²) in [6.07, 6.45) is 6.44. The molecule has 1 aromatic carbocycles. The fraction of sp³-hybridized carbons (Fsp3) is 0.647. The van der Waals surface area contributed by atoms with Gasteiger partial charge in [0, 0.05) is 18.3 Å². The first kappa shape index (κ1) is 14.4. The summed E-state index contributed by atoms with van der Waals surface area (Å²) in [5.41, 5.74) is 2.73. The Labute approximate surface area is 118 Å². The summed E-state index contributed by atoms with van der Waals surface area (Å²) < 4.78 is 0. The quantitative estimate of drug-likeness (QED) is 0.787. The predicted octanol–water partition coefficient (Wildman–Crippen LogP) is 4.27. The largest absolute Gasteiger partial charge is 0.382 e. The molecule has 2 heteroatoms. The summed E-state index contributed by atoms with van der Waals surface area (Å²) in [6, 6.07) is 9.59. The average Bonchev–Trinajstić information content (AvgIpc) is 2.91. The van der Waals surface area contributed by atoms with E-state index in [2.05, 4.69) is 48.3 Å². The van der Waals surface area contributed by atoms with E-state index in [0.29, 0.717) is 6.04 Å². The van der Waals surface area contributed by atoms with Gasteiger partial charge < -0.3 is 5.32 Å². The number of hydrogen-bond acceptors (Lipinski definition) is 2. The lowest BCUT2D eigenvalue weighted by Crippen LogP contribution is -2.20. The van der Waals surface area contributed by atoms with Crippen molar-refractivity contribution in [1.29, 1.82) is 0 Å². The summed E-state index contributed by atoms with van der Waals surface area (Å²) in [6.45, 7) is 8.17. The maximum Gasteiger partial charge on any atom is 0.0345 e. The number of nitrogens with zero attached hydrogens (tertiary/aromatic N) is 1. The van der Waals surface area contributed by atoms with Crippen LogP contribution >= 0.6 is 0 Å². The van der Waals surface area contributed by atoms with Gasteiger partial charge in [-0.1, -0.05) is 32.4 Å². The van der Waals surface area contributed by atoms with Crippen molar-refractivity contribution in [2.75, 3.05) is 18.4 Å². The van der Waals surface area contributed by atoms with E-state index >= 15 is 0 Å². The normalized spacial score (nSPS) is 17.6. The van der Waals surface area contributed by atoms with Gasteiger partial charge in [-0.15, -0.1) is 0 Å². The Morgan fingerprint density at radius 3 is 2.68 bits per heavy atom. The first-order chi connectivity index (χ1) is 9.31. The SMILES string of the molecule is CCCC(CC)Nc1cccc(CN2CCCC2)c1. The third kappa shape index (κ3) is 4.54. The van der Waals surface area contributed by atoms with Crippen LogP contribution in [0, 0.1) is 0 Å². The molecule has 106 valence electrons. The van der Waals surface area contributed by atoms with Crippen LogP contribution in [0.1, 0.15) is 51.5 Å². The van der Waals surface area contributed by atoms with Crippen molar-refractivity contribution in [3.8, 4) is 0 Å². The highest BCUT2D eigenvalue weighted by Gasteiger charge is 2.12. The molecule has 0 spiro atoms. The van der Waals surface area contributed by atoms with Crippen molar-refractivity contribution in [2.24, 2.45) is 0 Å². The zero-order valence-corrected chi connectivity index (χ0v) is 12.5. The Bertz CT molecular complexity index is 369. The monoisotopic (exact) mass is 260 g/mol. The lowest BCUT2D eigenvalue weighted by atomic mass is 10.1. The first-order valence-corrected chi connectivity index (χ1v) is 7.89. The third-order valence-electron chi connectivity index (χ3n) is 4.03. The Kier molecular flexibility index (Phi) is 5.71. The van der Waals surface area contributed by atoms with E-state index in [-0.39, 0.29) is 0 Å². The van der Waals surface area contributed by atoms with Crippen LogP contribution in [0.4, 0.5) is 5.69 Å². The zero-order chi connectivity index (χ0) is 13.5. The second-order valence-electron chi connectivity index (χ2n) is 5.72. The predicted molar refractivity (Wildman–Crippen MR) is 83.6 cm³/mol. The third-order valence-corrected chi connectivity index (χ3v) is 4.03. The van der Waals surface area contributed by atoms with Crippen molar-refractivity contribution < 1.29 is 0 Å². The lowest BCUT2D eigenvalue weighted by Gasteiger charge is -2.19. The molecular formula is C17H28N2. The maximum absolute atomic E-state index is 3.68. The van der Waals surface area contributed by atoms with Gasteiger partial charge in [-0.3, -0.25) is 4.90 Å². The van der Waals surface area contributed by atoms with Crippen LogP contribution in [0.2, 0.25) is 0 Å². The van der Waals surface area contributed by atoms with Crippen molar-refractivity contribution in [2.45, 2.75) is 58.5 Å². The van der Waals surface area contributed by atoms with Crippen LogP contribution in [0.15, 0.2) is 24.3 Å². The fourth-order valence-corrected chi connectivity index (χ4v) is 2.92. The molecule has 2 nitrogen and oxygen atoms in total. The van der Waals surface area contributed by atoms with Gasteiger partial charge in [-0.05, 0) is 56.5 Å². The maximum atomic E-state index is 3.68. The molecule has 0 aromatic heterocycles. The van der Waals surface area contributed by atoms with Gasteiger partial charge >= 0.3 is 0 Å². The minimum Gasteiger partial charge on any atom is -0.382 e. The van der Waals surface area contributed by atoms with Crippen LogP contribution in [0.25, 0.3) is 0 Å². The van der Waals surface area contributed by atoms with Gasteiger partial charge in [0.05, 0.1) is 0 Å². The number of likely N-dealkylation sites (tertiary alicyclic amines) is 1. The molecule has 1 atom stereocenters. The van der Waals surface area contributed by atoms with Crippen molar-refractivity contribution in [3.63, 3.8) is 0 Å². The van der Waals surface area contributed by atoms with Crippen LogP contribution < -0.4 is 5.32 Å². The average molecular weight is 260 g/mol. The van der Waals surface area contributed by atoms with E-state index < -0.39 is 0 Å². The van der Waals surface area contributed by atoms with E-state index in [1.54, 1.807) is 0 Å². The van der Waals surface area contributed by atoms with E-state index in [1.807, 2.05) is 0 Å². The molecule has 1 aromatic rings. The van der Waals surface area contributed by atoms with Gasteiger partial charge in [0.1, 0.15) is 0 Å². The van der Waals surface area contributed by atoms with Crippen LogP contribution in [-0.2, 0) is 6.54 Å².